The molecule has 0 aromatic carbocycles. The van der Waals surface area contributed by atoms with Crippen molar-refractivity contribution >= 4 is 0 Å². The number of rotatable bonds is 4. The standard InChI is InChI=1S/C10H16N2O/c1-8(2)13-10(7-11)9-5-3-4-6-12-9/h3-6,8,10H,7,11H2,1-2H3. The SMILES string of the molecule is CC(C)OC(CN)c1ccccn1. The second-order valence-electron chi connectivity index (χ2n) is 3.16. The van der Waals surface area contributed by atoms with Gasteiger partial charge in [-0.15, -0.1) is 0 Å². The van der Waals surface area contributed by atoms with E-state index in [9.17, 15) is 0 Å². The normalized spacial score (nSPS) is 13.2. The topological polar surface area (TPSA) is 48.1 Å². The second kappa shape index (κ2) is 4.94. The second-order valence-corrected chi connectivity index (χ2v) is 3.16. The molecule has 13 heavy (non-hydrogen) atoms. The summed E-state index contributed by atoms with van der Waals surface area (Å²) in [6, 6.07) is 5.75. The summed E-state index contributed by atoms with van der Waals surface area (Å²) in [7, 11) is 0. The fraction of sp³-hybridized carbons (Fsp3) is 0.500. The molecule has 72 valence electrons. The minimum Gasteiger partial charge on any atom is -0.368 e. The van der Waals surface area contributed by atoms with Crippen molar-refractivity contribution in [2.75, 3.05) is 6.54 Å². The maximum atomic E-state index is 5.60. The number of ether oxygens (including phenoxy) is 1. The van der Waals surface area contributed by atoms with E-state index in [-0.39, 0.29) is 12.2 Å². The Morgan fingerprint density at radius 2 is 2.23 bits per heavy atom. The summed E-state index contributed by atoms with van der Waals surface area (Å²) in [5.41, 5.74) is 6.49. The van der Waals surface area contributed by atoms with Gasteiger partial charge < -0.3 is 10.5 Å². The van der Waals surface area contributed by atoms with Gasteiger partial charge in [0, 0.05) is 12.7 Å². The van der Waals surface area contributed by atoms with Gasteiger partial charge in [-0.2, -0.15) is 0 Å². The molecule has 0 radical (unpaired) electrons. The van der Waals surface area contributed by atoms with E-state index in [0.29, 0.717) is 6.54 Å². The van der Waals surface area contributed by atoms with Crippen molar-refractivity contribution in [3.63, 3.8) is 0 Å². The van der Waals surface area contributed by atoms with Crippen LogP contribution in [-0.4, -0.2) is 17.6 Å². The Hall–Kier alpha value is -0.930. The number of aromatic nitrogens is 1. The van der Waals surface area contributed by atoms with Crippen molar-refractivity contribution in [2.24, 2.45) is 5.73 Å². The predicted molar refractivity (Wildman–Crippen MR) is 52.3 cm³/mol. The summed E-state index contributed by atoms with van der Waals surface area (Å²) >= 11 is 0. The zero-order valence-electron chi connectivity index (χ0n) is 8.10. The highest BCUT2D eigenvalue weighted by Gasteiger charge is 2.11. The molecule has 1 unspecified atom stereocenters. The van der Waals surface area contributed by atoms with E-state index in [4.69, 9.17) is 10.5 Å². The van der Waals surface area contributed by atoms with Crippen LogP contribution in [0.3, 0.4) is 0 Å². The zero-order chi connectivity index (χ0) is 9.68. The molecule has 3 nitrogen and oxygen atoms in total. The summed E-state index contributed by atoms with van der Waals surface area (Å²) in [6.45, 7) is 4.45. The van der Waals surface area contributed by atoms with Crippen LogP contribution < -0.4 is 5.73 Å². The Bertz CT molecular complexity index is 236. The molecule has 1 heterocycles. The van der Waals surface area contributed by atoms with Crippen molar-refractivity contribution in [3.8, 4) is 0 Å². The Morgan fingerprint density at radius 3 is 2.69 bits per heavy atom. The van der Waals surface area contributed by atoms with Crippen molar-refractivity contribution in [3.05, 3.63) is 30.1 Å². The van der Waals surface area contributed by atoms with Crippen LogP contribution in [0, 0.1) is 0 Å². The van der Waals surface area contributed by atoms with Gasteiger partial charge in [-0.25, -0.2) is 0 Å². The third-order valence-corrected chi connectivity index (χ3v) is 1.67. The predicted octanol–water partition coefficient (Wildman–Crippen LogP) is 1.51. The van der Waals surface area contributed by atoms with Crippen LogP contribution in [0.25, 0.3) is 0 Å². The number of pyridine rings is 1. The summed E-state index contributed by atoms with van der Waals surface area (Å²) < 4.78 is 5.60. The van der Waals surface area contributed by atoms with Gasteiger partial charge in [-0.05, 0) is 26.0 Å². The van der Waals surface area contributed by atoms with Gasteiger partial charge in [-0.3, -0.25) is 4.98 Å². The molecular formula is C10H16N2O. The maximum absolute atomic E-state index is 5.60. The van der Waals surface area contributed by atoms with Crippen molar-refractivity contribution in [2.45, 2.75) is 26.1 Å². The molecule has 0 amide bonds. The van der Waals surface area contributed by atoms with E-state index in [1.807, 2.05) is 32.0 Å². The Balaban J connectivity index is 2.67. The fourth-order valence-electron chi connectivity index (χ4n) is 1.14. The molecule has 0 spiro atoms. The van der Waals surface area contributed by atoms with Crippen LogP contribution in [0.15, 0.2) is 24.4 Å². The molecule has 0 fully saturated rings. The van der Waals surface area contributed by atoms with Crippen molar-refractivity contribution in [1.29, 1.82) is 0 Å². The lowest BCUT2D eigenvalue weighted by Gasteiger charge is -2.17. The van der Waals surface area contributed by atoms with Crippen molar-refractivity contribution in [1.82, 2.24) is 4.98 Å². The molecule has 0 saturated heterocycles. The average molecular weight is 180 g/mol. The molecule has 2 N–H and O–H groups in total. The minimum atomic E-state index is -0.0822. The van der Waals surface area contributed by atoms with Gasteiger partial charge in [0.25, 0.3) is 0 Å². The lowest BCUT2D eigenvalue weighted by molar-refractivity contribution is 0.00957. The Morgan fingerprint density at radius 1 is 1.46 bits per heavy atom. The zero-order valence-corrected chi connectivity index (χ0v) is 8.10. The van der Waals surface area contributed by atoms with Gasteiger partial charge in [-0.1, -0.05) is 6.07 Å². The lowest BCUT2D eigenvalue weighted by atomic mass is 10.2. The van der Waals surface area contributed by atoms with Crippen LogP contribution in [0.5, 0.6) is 0 Å². The van der Waals surface area contributed by atoms with Crippen LogP contribution in [0.1, 0.15) is 25.6 Å². The maximum Gasteiger partial charge on any atom is 0.112 e. The molecule has 0 aliphatic carbocycles. The summed E-state index contributed by atoms with van der Waals surface area (Å²) in [4.78, 5) is 4.20. The van der Waals surface area contributed by atoms with Crippen LogP contribution in [0.2, 0.25) is 0 Å². The highest BCUT2D eigenvalue weighted by atomic mass is 16.5. The number of nitrogens with zero attached hydrogens (tertiary/aromatic N) is 1. The summed E-state index contributed by atoms with van der Waals surface area (Å²) in [6.07, 6.45) is 1.85. The lowest BCUT2D eigenvalue weighted by Crippen LogP contribution is -2.20. The molecule has 3 heteroatoms. The smallest absolute Gasteiger partial charge is 0.112 e. The van der Waals surface area contributed by atoms with Crippen LogP contribution >= 0.6 is 0 Å². The molecule has 0 saturated carbocycles. The van der Waals surface area contributed by atoms with E-state index in [0.717, 1.165) is 5.69 Å². The molecule has 1 aromatic rings. The quantitative estimate of drug-likeness (QED) is 0.764. The molecular weight excluding hydrogens is 164 g/mol. The van der Waals surface area contributed by atoms with E-state index in [1.54, 1.807) is 6.20 Å². The average Bonchev–Trinajstić information content (AvgIpc) is 2.15. The van der Waals surface area contributed by atoms with Gasteiger partial charge in [0.1, 0.15) is 6.10 Å². The summed E-state index contributed by atoms with van der Waals surface area (Å²) in [5, 5.41) is 0. The van der Waals surface area contributed by atoms with E-state index >= 15 is 0 Å². The summed E-state index contributed by atoms with van der Waals surface area (Å²) in [5.74, 6) is 0. The number of hydrogen-bond acceptors (Lipinski definition) is 3. The number of nitrogens with two attached hydrogens (primary N) is 1. The molecule has 1 rings (SSSR count). The van der Waals surface area contributed by atoms with Gasteiger partial charge >= 0.3 is 0 Å². The van der Waals surface area contributed by atoms with Gasteiger partial charge in [0.05, 0.1) is 11.8 Å². The first-order chi connectivity index (χ1) is 6.24. The largest absolute Gasteiger partial charge is 0.368 e. The fourth-order valence-corrected chi connectivity index (χ4v) is 1.14. The van der Waals surface area contributed by atoms with E-state index < -0.39 is 0 Å². The minimum absolute atomic E-state index is 0.0822. The first-order valence-electron chi connectivity index (χ1n) is 4.50. The number of hydrogen-bond donors (Lipinski definition) is 1. The van der Waals surface area contributed by atoms with E-state index in [2.05, 4.69) is 4.98 Å². The highest BCUT2D eigenvalue weighted by molar-refractivity contribution is 5.07. The first kappa shape index (κ1) is 10.2. The third kappa shape index (κ3) is 3.13. The third-order valence-electron chi connectivity index (χ3n) is 1.67. The Labute approximate surface area is 78.9 Å². The Kier molecular flexibility index (Phi) is 3.86. The van der Waals surface area contributed by atoms with Crippen LogP contribution in [-0.2, 0) is 4.74 Å². The van der Waals surface area contributed by atoms with Crippen LogP contribution in [0.4, 0.5) is 0 Å². The van der Waals surface area contributed by atoms with Gasteiger partial charge in [0.15, 0.2) is 0 Å². The molecule has 0 aliphatic rings. The molecule has 0 bridgehead atoms. The monoisotopic (exact) mass is 180 g/mol. The van der Waals surface area contributed by atoms with Crippen molar-refractivity contribution < 1.29 is 4.74 Å². The van der Waals surface area contributed by atoms with Gasteiger partial charge in [0.2, 0.25) is 0 Å². The highest BCUT2D eigenvalue weighted by Crippen LogP contribution is 2.14. The van der Waals surface area contributed by atoms with E-state index in [1.165, 1.54) is 0 Å². The molecule has 1 atom stereocenters. The first-order valence-corrected chi connectivity index (χ1v) is 4.50. The molecule has 1 aromatic heterocycles. The molecule has 0 aliphatic heterocycles.